The van der Waals surface area contributed by atoms with Crippen molar-refractivity contribution in [3.8, 4) is 0 Å². The summed E-state index contributed by atoms with van der Waals surface area (Å²) in [6, 6.07) is 4.37. The van der Waals surface area contributed by atoms with Crippen LogP contribution in [0, 0.1) is 0 Å². The van der Waals surface area contributed by atoms with Gasteiger partial charge in [-0.2, -0.15) is 13.2 Å². The second-order valence-electron chi connectivity index (χ2n) is 4.91. The molecule has 0 fully saturated rings. The predicted octanol–water partition coefficient (Wildman–Crippen LogP) is 2.88. The first kappa shape index (κ1) is 13.2. The van der Waals surface area contributed by atoms with Crippen LogP contribution in [-0.2, 0) is 19.3 Å². The Morgan fingerprint density at radius 3 is 2.75 bits per heavy atom. The summed E-state index contributed by atoms with van der Waals surface area (Å²) in [6.07, 6.45) is 0.0704. The number of halogens is 3. The van der Waals surface area contributed by atoms with Crippen molar-refractivity contribution in [2.75, 3.05) is 6.54 Å². The molecule has 6 heteroatoms. The van der Waals surface area contributed by atoms with Crippen molar-refractivity contribution in [3.63, 3.8) is 0 Å². The molecule has 0 aromatic heterocycles. The topological polar surface area (TPSA) is 27.6 Å². The highest BCUT2D eigenvalue weighted by molar-refractivity contribution is 5.72. The third kappa shape index (κ3) is 2.56. The van der Waals surface area contributed by atoms with Gasteiger partial charge < -0.3 is 5.43 Å². The van der Waals surface area contributed by atoms with E-state index in [-0.39, 0.29) is 6.54 Å². The number of rotatable bonds is 2. The van der Waals surface area contributed by atoms with Crippen LogP contribution in [-0.4, -0.2) is 17.8 Å². The van der Waals surface area contributed by atoms with Gasteiger partial charge in [-0.3, -0.25) is 4.99 Å². The fraction of sp³-hybridized carbons (Fsp3) is 0.357. The molecule has 0 amide bonds. The van der Waals surface area contributed by atoms with E-state index in [1.165, 1.54) is 6.07 Å². The Hall–Kier alpha value is -1.82. The van der Waals surface area contributed by atoms with Gasteiger partial charge in [0.15, 0.2) is 0 Å². The zero-order valence-corrected chi connectivity index (χ0v) is 10.7. The lowest BCUT2D eigenvalue weighted by Gasteiger charge is -2.21. The van der Waals surface area contributed by atoms with E-state index < -0.39 is 11.7 Å². The zero-order valence-electron chi connectivity index (χ0n) is 10.7. The number of nitrogens with one attached hydrogen (secondary N) is 1. The molecule has 0 bridgehead atoms. The lowest BCUT2D eigenvalue weighted by Crippen LogP contribution is -2.33. The van der Waals surface area contributed by atoms with Crippen molar-refractivity contribution >= 4 is 6.21 Å². The quantitative estimate of drug-likeness (QED) is 0.902. The molecular weight excluding hydrogens is 267 g/mol. The number of hydrazine groups is 1. The van der Waals surface area contributed by atoms with E-state index in [0.717, 1.165) is 23.7 Å². The minimum atomic E-state index is -4.29. The smallest absolute Gasteiger partial charge is 0.322 e. The number of fused-ring (bicyclic) bond motifs is 1. The van der Waals surface area contributed by atoms with Crippen LogP contribution >= 0.6 is 0 Å². The average Bonchev–Trinajstić information content (AvgIpc) is 2.80. The van der Waals surface area contributed by atoms with Gasteiger partial charge in [-0.05, 0) is 23.3 Å². The monoisotopic (exact) mass is 281 g/mol. The van der Waals surface area contributed by atoms with Crippen molar-refractivity contribution in [3.05, 3.63) is 46.7 Å². The van der Waals surface area contributed by atoms with E-state index in [0.29, 0.717) is 18.7 Å². The molecule has 2 aliphatic heterocycles. The van der Waals surface area contributed by atoms with Crippen molar-refractivity contribution in [1.29, 1.82) is 0 Å². The van der Waals surface area contributed by atoms with Crippen LogP contribution in [0.1, 0.15) is 23.1 Å². The molecule has 1 aromatic rings. The summed E-state index contributed by atoms with van der Waals surface area (Å²) in [7, 11) is 0. The number of nitrogens with zero attached hydrogens (tertiary/aromatic N) is 2. The van der Waals surface area contributed by atoms with Gasteiger partial charge in [-0.25, -0.2) is 5.01 Å². The van der Waals surface area contributed by atoms with Crippen LogP contribution < -0.4 is 5.43 Å². The van der Waals surface area contributed by atoms with Crippen molar-refractivity contribution in [1.82, 2.24) is 10.4 Å². The van der Waals surface area contributed by atoms with Crippen LogP contribution in [0.2, 0.25) is 0 Å². The minimum Gasteiger partial charge on any atom is -0.322 e. The summed E-state index contributed by atoms with van der Waals surface area (Å²) in [4.78, 5) is 4.08. The van der Waals surface area contributed by atoms with Crippen LogP contribution in [0.5, 0.6) is 0 Å². The molecule has 0 aliphatic carbocycles. The highest BCUT2D eigenvalue weighted by Crippen LogP contribution is 2.36. The number of alkyl halides is 3. The fourth-order valence-corrected chi connectivity index (χ4v) is 2.55. The number of hydrogen-bond donors (Lipinski definition) is 1. The SMILES string of the molecule is FC(F)(F)c1cccc2c1CN(NC1=CC=NCC1)C2. The predicted molar refractivity (Wildman–Crippen MR) is 69.9 cm³/mol. The van der Waals surface area contributed by atoms with E-state index in [4.69, 9.17) is 0 Å². The molecule has 0 saturated heterocycles. The number of dihydropyridines is 1. The summed E-state index contributed by atoms with van der Waals surface area (Å²) >= 11 is 0. The largest absolute Gasteiger partial charge is 0.416 e. The Balaban J connectivity index is 1.78. The maximum Gasteiger partial charge on any atom is 0.416 e. The Morgan fingerprint density at radius 1 is 1.20 bits per heavy atom. The van der Waals surface area contributed by atoms with Crippen molar-refractivity contribution in [2.24, 2.45) is 4.99 Å². The van der Waals surface area contributed by atoms with E-state index in [9.17, 15) is 13.2 Å². The fourth-order valence-electron chi connectivity index (χ4n) is 2.55. The Morgan fingerprint density at radius 2 is 2.05 bits per heavy atom. The van der Waals surface area contributed by atoms with Crippen LogP contribution in [0.4, 0.5) is 13.2 Å². The van der Waals surface area contributed by atoms with E-state index in [2.05, 4.69) is 10.4 Å². The molecule has 0 radical (unpaired) electrons. The van der Waals surface area contributed by atoms with Gasteiger partial charge in [0.25, 0.3) is 0 Å². The summed E-state index contributed by atoms with van der Waals surface area (Å²) in [6.45, 7) is 1.46. The lowest BCUT2D eigenvalue weighted by molar-refractivity contribution is -0.138. The summed E-state index contributed by atoms with van der Waals surface area (Å²) in [5.74, 6) is 0. The standard InChI is InChI=1S/C14H14F3N3/c15-14(16,17)13-3-1-2-10-8-20(9-12(10)13)19-11-4-6-18-7-5-11/h1-4,6,19H,5,7-9H2. The van der Waals surface area contributed by atoms with Crippen LogP contribution in [0.3, 0.4) is 0 Å². The number of benzene rings is 1. The molecule has 2 heterocycles. The molecule has 0 saturated carbocycles. The third-order valence-electron chi connectivity index (χ3n) is 3.48. The lowest BCUT2D eigenvalue weighted by atomic mass is 10.0. The molecule has 20 heavy (non-hydrogen) atoms. The number of allylic oxidation sites excluding steroid dienone is 1. The molecule has 3 rings (SSSR count). The molecule has 0 atom stereocenters. The molecule has 1 N–H and O–H groups in total. The molecule has 0 spiro atoms. The van der Waals surface area contributed by atoms with Gasteiger partial charge >= 0.3 is 6.18 Å². The molecule has 106 valence electrons. The first-order valence-electron chi connectivity index (χ1n) is 6.42. The second kappa shape index (κ2) is 4.94. The Labute approximate surface area is 114 Å². The molecular formula is C14H14F3N3. The van der Waals surface area contributed by atoms with Crippen molar-refractivity contribution in [2.45, 2.75) is 25.7 Å². The van der Waals surface area contributed by atoms with Crippen LogP contribution in [0.15, 0.2) is 35.0 Å². The van der Waals surface area contributed by atoms with E-state index in [1.807, 2.05) is 11.1 Å². The van der Waals surface area contributed by atoms with E-state index >= 15 is 0 Å². The summed E-state index contributed by atoms with van der Waals surface area (Å²) < 4.78 is 38.9. The Bertz CT molecular complexity index is 576. The second-order valence-corrected chi connectivity index (χ2v) is 4.91. The van der Waals surface area contributed by atoms with Crippen molar-refractivity contribution < 1.29 is 13.2 Å². The highest BCUT2D eigenvalue weighted by atomic mass is 19.4. The summed E-state index contributed by atoms with van der Waals surface area (Å²) in [5.41, 5.74) is 4.74. The Kier molecular flexibility index (Phi) is 3.25. The first-order chi connectivity index (χ1) is 9.54. The molecule has 2 aliphatic rings. The maximum atomic E-state index is 13.0. The highest BCUT2D eigenvalue weighted by Gasteiger charge is 2.36. The minimum absolute atomic E-state index is 0.263. The number of aliphatic imine (C=N–C) groups is 1. The van der Waals surface area contributed by atoms with Gasteiger partial charge in [-0.15, -0.1) is 0 Å². The molecule has 0 unspecified atom stereocenters. The first-order valence-corrected chi connectivity index (χ1v) is 6.42. The normalized spacial score (nSPS) is 18.9. The maximum absolute atomic E-state index is 13.0. The molecule has 1 aromatic carbocycles. The van der Waals surface area contributed by atoms with Gasteiger partial charge in [0.2, 0.25) is 0 Å². The third-order valence-corrected chi connectivity index (χ3v) is 3.48. The van der Waals surface area contributed by atoms with Gasteiger partial charge in [0.05, 0.1) is 5.56 Å². The van der Waals surface area contributed by atoms with Gasteiger partial charge in [0, 0.05) is 38.0 Å². The summed E-state index contributed by atoms with van der Waals surface area (Å²) in [5, 5.41) is 1.81. The van der Waals surface area contributed by atoms with E-state index in [1.54, 1.807) is 12.3 Å². The zero-order chi connectivity index (χ0) is 14.2. The molecule has 3 nitrogen and oxygen atoms in total. The average molecular weight is 281 g/mol. The van der Waals surface area contributed by atoms with Gasteiger partial charge in [0.1, 0.15) is 0 Å². The van der Waals surface area contributed by atoms with Gasteiger partial charge in [-0.1, -0.05) is 12.1 Å². The number of hydrogen-bond acceptors (Lipinski definition) is 3. The van der Waals surface area contributed by atoms with Crippen LogP contribution in [0.25, 0.3) is 0 Å².